The van der Waals surface area contributed by atoms with Crippen LogP contribution < -0.4 is 10.8 Å². The van der Waals surface area contributed by atoms with Crippen molar-refractivity contribution in [3.05, 3.63) is 54.1 Å². The van der Waals surface area contributed by atoms with Crippen molar-refractivity contribution in [2.75, 3.05) is 0 Å². The Balaban J connectivity index is 0. The van der Waals surface area contributed by atoms with Crippen LogP contribution in [0.15, 0.2) is 43.0 Å². The van der Waals surface area contributed by atoms with Gasteiger partial charge in [0, 0.05) is 18.5 Å². The van der Waals surface area contributed by atoms with Gasteiger partial charge in [0.2, 0.25) is 5.91 Å². The number of benzene rings is 1. The fourth-order valence-corrected chi connectivity index (χ4v) is 1.85. The highest BCUT2D eigenvalue weighted by atomic mass is 16.5. The summed E-state index contributed by atoms with van der Waals surface area (Å²) in [5.41, 5.74) is 3.56. The van der Waals surface area contributed by atoms with Crippen LogP contribution in [0, 0.1) is 0 Å². The van der Waals surface area contributed by atoms with Crippen LogP contribution >= 0.6 is 0 Å². The first-order valence-corrected chi connectivity index (χ1v) is 9.00. The Hall–Kier alpha value is -2.40. The van der Waals surface area contributed by atoms with E-state index >= 15 is 0 Å². The maximum absolute atomic E-state index is 11.5. The highest BCUT2D eigenvalue weighted by Gasteiger charge is 2.03. The van der Waals surface area contributed by atoms with Crippen molar-refractivity contribution in [1.29, 1.82) is 0 Å². The summed E-state index contributed by atoms with van der Waals surface area (Å²) >= 11 is 0. The van der Waals surface area contributed by atoms with Gasteiger partial charge in [0.1, 0.15) is 0 Å². The lowest BCUT2D eigenvalue weighted by Crippen LogP contribution is -2.29. The number of amides is 2. The molecule has 0 radical (unpaired) electrons. The van der Waals surface area contributed by atoms with Gasteiger partial charge in [-0.1, -0.05) is 44.2 Å². The smallest absolute Gasteiger partial charge is 0.267 e. The predicted molar refractivity (Wildman–Crippen MR) is 109 cm³/mol. The summed E-state index contributed by atoms with van der Waals surface area (Å²) in [5, 5.41) is 11.2. The van der Waals surface area contributed by atoms with Gasteiger partial charge in [-0.25, -0.2) is 5.48 Å². The molecule has 0 aliphatic carbocycles. The summed E-state index contributed by atoms with van der Waals surface area (Å²) in [5.74, 6) is -0.477. The zero-order valence-corrected chi connectivity index (χ0v) is 16.7. The standard InChI is InChI=1S/C16H22N2O3.C3H6.C2H6/c1-12(2)17-15(19)5-3-4-13-6-8-14(9-7-13)10-11-16(20)18-21;1-3-2;1-2/h6-12,21H,3-5H2,1-2H3,(H,17,19)(H,18,20);3H,1H2,2H3;1-2H3/b11-10+;;. The third-order valence-electron chi connectivity index (χ3n) is 2.84. The summed E-state index contributed by atoms with van der Waals surface area (Å²) in [6.07, 6.45) is 6.79. The van der Waals surface area contributed by atoms with Crippen LogP contribution in [0.3, 0.4) is 0 Å². The third kappa shape index (κ3) is 15.1. The molecule has 146 valence electrons. The highest BCUT2D eigenvalue weighted by molar-refractivity contribution is 5.90. The van der Waals surface area contributed by atoms with Crippen LogP contribution in [0.25, 0.3) is 6.08 Å². The molecule has 26 heavy (non-hydrogen) atoms. The van der Waals surface area contributed by atoms with Crippen LogP contribution in [0.1, 0.15) is 58.6 Å². The Labute approximate surface area is 158 Å². The van der Waals surface area contributed by atoms with Crippen molar-refractivity contribution in [2.45, 2.75) is 59.9 Å². The molecule has 0 saturated heterocycles. The molecule has 0 spiro atoms. The number of hydrogen-bond acceptors (Lipinski definition) is 3. The van der Waals surface area contributed by atoms with Crippen LogP contribution in [0.2, 0.25) is 0 Å². The molecule has 1 aromatic carbocycles. The summed E-state index contributed by atoms with van der Waals surface area (Å²) in [6, 6.07) is 7.91. The molecule has 2 amide bonds. The van der Waals surface area contributed by atoms with Crippen molar-refractivity contribution >= 4 is 17.9 Å². The van der Waals surface area contributed by atoms with E-state index < -0.39 is 5.91 Å². The van der Waals surface area contributed by atoms with E-state index in [2.05, 4.69) is 11.9 Å². The summed E-state index contributed by atoms with van der Waals surface area (Å²) in [6.45, 7) is 13.1. The van der Waals surface area contributed by atoms with E-state index in [4.69, 9.17) is 5.21 Å². The van der Waals surface area contributed by atoms with Gasteiger partial charge in [-0.3, -0.25) is 14.8 Å². The van der Waals surface area contributed by atoms with Crippen LogP contribution in [-0.2, 0) is 16.0 Å². The predicted octanol–water partition coefficient (Wildman–Crippen LogP) is 4.27. The van der Waals surface area contributed by atoms with E-state index in [1.54, 1.807) is 12.2 Å². The summed E-state index contributed by atoms with van der Waals surface area (Å²) < 4.78 is 0. The normalized spacial score (nSPS) is 9.50. The fourth-order valence-electron chi connectivity index (χ4n) is 1.85. The van der Waals surface area contributed by atoms with Gasteiger partial charge in [-0.15, -0.1) is 6.58 Å². The third-order valence-corrected chi connectivity index (χ3v) is 2.84. The number of hydroxylamine groups is 1. The van der Waals surface area contributed by atoms with Crippen LogP contribution in [0.4, 0.5) is 0 Å². The molecule has 0 unspecified atom stereocenters. The number of allylic oxidation sites excluding steroid dienone is 1. The van der Waals surface area contributed by atoms with Crippen molar-refractivity contribution < 1.29 is 14.8 Å². The lowest BCUT2D eigenvalue weighted by molar-refractivity contribution is -0.124. The minimum absolute atomic E-state index is 0.0829. The maximum Gasteiger partial charge on any atom is 0.267 e. The molecule has 1 aromatic rings. The first-order chi connectivity index (χ1) is 12.4. The van der Waals surface area contributed by atoms with Gasteiger partial charge in [-0.05, 0) is 50.8 Å². The van der Waals surface area contributed by atoms with Crippen LogP contribution in [-0.4, -0.2) is 23.1 Å². The molecule has 0 heterocycles. The van der Waals surface area contributed by atoms with Crippen molar-refractivity contribution in [3.63, 3.8) is 0 Å². The zero-order valence-electron chi connectivity index (χ0n) is 16.7. The van der Waals surface area contributed by atoms with Crippen molar-refractivity contribution in [3.8, 4) is 0 Å². The Kier molecular flexibility index (Phi) is 17.3. The fraction of sp³-hybridized carbons (Fsp3) is 0.429. The second-order valence-corrected chi connectivity index (χ2v) is 5.53. The molecular weight excluding hydrogens is 328 g/mol. The topological polar surface area (TPSA) is 78.4 Å². The largest absolute Gasteiger partial charge is 0.354 e. The first-order valence-electron chi connectivity index (χ1n) is 9.00. The number of aryl methyl sites for hydroxylation is 1. The molecule has 0 aromatic heterocycles. The first kappa shape index (κ1) is 25.8. The Morgan fingerprint density at radius 1 is 1.19 bits per heavy atom. The monoisotopic (exact) mass is 362 g/mol. The quantitative estimate of drug-likeness (QED) is 0.293. The summed E-state index contributed by atoms with van der Waals surface area (Å²) in [7, 11) is 0. The zero-order chi connectivity index (χ0) is 20.4. The van der Waals surface area contributed by atoms with E-state index in [1.165, 1.54) is 11.6 Å². The molecule has 0 atom stereocenters. The number of hydrogen-bond donors (Lipinski definition) is 3. The van der Waals surface area contributed by atoms with E-state index in [-0.39, 0.29) is 11.9 Å². The van der Waals surface area contributed by atoms with Gasteiger partial charge < -0.3 is 5.32 Å². The minimum atomic E-state index is -0.560. The molecule has 3 N–H and O–H groups in total. The second-order valence-electron chi connectivity index (χ2n) is 5.53. The molecule has 5 heteroatoms. The summed E-state index contributed by atoms with van der Waals surface area (Å²) in [4.78, 5) is 22.3. The van der Waals surface area contributed by atoms with Crippen LogP contribution in [0.5, 0.6) is 0 Å². The maximum atomic E-state index is 11.5. The Morgan fingerprint density at radius 2 is 1.73 bits per heavy atom. The molecule has 0 fully saturated rings. The number of rotatable bonds is 7. The molecule has 5 nitrogen and oxygen atoms in total. The molecule has 0 aliphatic rings. The van der Waals surface area contributed by atoms with E-state index in [0.29, 0.717) is 6.42 Å². The average Bonchev–Trinajstić information content (AvgIpc) is 2.62. The van der Waals surface area contributed by atoms with E-state index in [9.17, 15) is 9.59 Å². The SMILES string of the molecule is C=CC.CC.CC(C)NC(=O)CCCc1ccc(/C=C/C(=O)NO)cc1. The molecule has 1 rings (SSSR count). The molecular formula is C21H34N2O3. The van der Waals surface area contributed by atoms with Crippen molar-refractivity contribution in [2.24, 2.45) is 0 Å². The highest BCUT2D eigenvalue weighted by Crippen LogP contribution is 2.09. The number of carbonyl (C=O) groups excluding carboxylic acids is 2. The Bertz CT molecular complexity index is 535. The molecule has 0 aliphatic heterocycles. The number of carbonyl (C=O) groups is 2. The number of nitrogens with one attached hydrogen (secondary N) is 2. The van der Waals surface area contributed by atoms with Crippen molar-refractivity contribution in [1.82, 2.24) is 10.8 Å². The molecule has 0 saturated carbocycles. The second kappa shape index (κ2) is 17.4. The van der Waals surface area contributed by atoms with E-state index in [0.717, 1.165) is 24.0 Å². The van der Waals surface area contributed by atoms with Gasteiger partial charge >= 0.3 is 0 Å². The average molecular weight is 363 g/mol. The van der Waals surface area contributed by atoms with E-state index in [1.807, 2.05) is 58.9 Å². The van der Waals surface area contributed by atoms with Gasteiger partial charge in [0.25, 0.3) is 5.91 Å². The van der Waals surface area contributed by atoms with Gasteiger partial charge in [-0.2, -0.15) is 0 Å². The molecule has 0 bridgehead atoms. The minimum Gasteiger partial charge on any atom is -0.354 e. The lowest BCUT2D eigenvalue weighted by atomic mass is 10.1. The Morgan fingerprint density at radius 3 is 2.19 bits per heavy atom. The van der Waals surface area contributed by atoms with Gasteiger partial charge in [0.15, 0.2) is 0 Å². The lowest BCUT2D eigenvalue weighted by Gasteiger charge is -2.08. The van der Waals surface area contributed by atoms with Gasteiger partial charge in [0.05, 0.1) is 0 Å².